The topological polar surface area (TPSA) is 96.2 Å². The van der Waals surface area contributed by atoms with Crippen molar-refractivity contribution in [2.75, 3.05) is 26.2 Å². The fourth-order valence-corrected chi connectivity index (χ4v) is 4.22. The van der Waals surface area contributed by atoms with Gasteiger partial charge < -0.3 is 20.3 Å². The lowest BCUT2D eigenvalue weighted by Crippen LogP contribution is -2.43. The average Bonchev–Trinajstić information content (AvgIpc) is 3.10. The first kappa shape index (κ1) is 22.4. The second-order valence-corrected chi connectivity index (χ2v) is 8.13. The van der Waals surface area contributed by atoms with Crippen LogP contribution in [-0.2, 0) is 14.3 Å². The largest absolute Gasteiger partial charge is 0.471 e. The van der Waals surface area contributed by atoms with Gasteiger partial charge >= 0.3 is 6.03 Å². The van der Waals surface area contributed by atoms with Crippen molar-refractivity contribution in [2.45, 2.75) is 19.6 Å². The minimum absolute atomic E-state index is 0.0189. The number of hydrogen-bond donors (Lipinski definition) is 1. The van der Waals surface area contributed by atoms with Crippen LogP contribution in [0.25, 0.3) is 11.1 Å². The van der Waals surface area contributed by atoms with Gasteiger partial charge in [0.15, 0.2) is 0 Å². The monoisotopic (exact) mass is 447 g/mol. The summed E-state index contributed by atoms with van der Waals surface area (Å²) >= 11 is 0. The number of nitrogens with two attached hydrogens (primary N) is 1. The maximum Gasteiger partial charge on any atom is 0.322 e. The maximum absolute atomic E-state index is 13.3. The van der Waals surface area contributed by atoms with Crippen LogP contribution in [0.3, 0.4) is 0 Å². The van der Waals surface area contributed by atoms with Crippen LogP contribution in [0.4, 0.5) is 4.79 Å². The van der Waals surface area contributed by atoms with Crippen LogP contribution in [0.2, 0.25) is 0 Å². The van der Waals surface area contributed by atoms with Gasteiger partial charge in [0.2, 0.25) is 12.1 Å². The number of primary amides is 1. The zero-order valence-corrected chi connectivity index (χ0v) is 18.6. The molecule has 1 saturated heterocycles. The molecule has 1 atom stereocenters. The Hall–Kier alpha value is -3.81. The number of ether oxygens (including phenoxy) is 1. The molecule has 33 heavy (non-hydrogen) atoms. The van der Waals surface area contributed by atoms with Gasteiger partial charge in [0, 0.05) is 38.7 Å². The first-order valence-electron chi connectivity index (χ1n) is 10.9. The van der Waals surface area contributed by atoms with Gasteiger partial charge in [-0.25, -0.2) is 9.69 Å². The molecule has 1 radical (unpaired) electrons. The first-order chi connectivity index (χ1) is 15.9. The molecule has 0 saturated carbocycles. The Labute approximate surface area is 193 Å². The maximum atomic E-state index is 13.3. The molecule has 2 aromatic rings. The van der Waals surface area contributed by atoms with E-state index in [1.165, 1.54) is 18.1 Å². The van der Waals surface area contributed by atoms with E-state index in [2.05, 4.69) is 6.92 Å². The van der Waals surface area contributed by atoms with Crippen LogP contribution in [0.5, 0.6) is 0 Å². The Morgan fingerprint density at radius 2 is 1.70 bits per heavy atom. The summed E-state index contributed by atoms with van der Waals surface area (Å²) in [7, 11) is 0. The minimum atomic E-state index is -0.856. The molecule has 8 nitrogen and oxygen atoms in total. The average molecular weight is 448 g/mol. The number of benzene rings is 2. The Balaban J connectivity index is 1.58. The molecule has 2 aliphatic heterocycles. The molecule has 1 unspecified atom stereocenters. The van der Waals surface area contributed by atoms with E-state index in [-0.39, 0.29) is 17.5 Å². The van der Waals surface area contributed by atoms with Crippen molar-refractivity contribution in [3.05, 3.63) is 78.5 Å². The zero-order chi connectivity index (χ0) is 23.5. The Bertz CT molecular complexity index is 1100. The number of amides is 4. The molecule has 8 heteroatoms. The lowest BCUT2D eigenvalue weighted by molar-refractivity contribution is -0.131. The summed E-state index contributed by atoms with van der Waals surface area (Å²) in [5.74, 6) is -0.367. The number of carbonyl (C=O) groups excluding carboxylic acids is 3. The van der Waals surface area contributed by atoms with E-state index in [0.29, 0.717) is 38.2 Å². The van der Waals surface area contributed by atoms with Gasteiger partial charge in [-0.2, -0.15) is 0 Å². The molecule has 2 aliphatic rings. The van der Waals surface area contributed by atoms with Crippen LogP contribution in [0, 0.1) is 6.92 Å². The number of nitrogens with zero attached hydrogens (tertiary/aromatic N) is 3. The SMILES string of the molecule is [CH2]c1ccc(C2OC=C(C(=O)N3CCCN(C(C)=O)CC3)N2C(N)=O)cc1-c1ccccc1. The normalized spacial score (nSPS) is 18.4. The molecule has 2 heterocycles. The molecule has 4 amide bonds. The van der Waals surface area contributed by atoms with Crippen molar-refractivity contribution in [1.82, 2.24) is 14.7 Å². The fraction of sp³-hybridized carbons (Fsp3) is 0.280. The number of carbonyl (C=O) groups is 3. The lowest BCUT2D eigenvalue weighted by Gasteiger charge is -2.27. The van der Waals surface area contributed by atoms with Gasteiger partial charge in [-0.15, -0.1) is 0 Å². The summed E-state index contributed by atoms with van der Waals surface area (Å²) in [4.78, 5) is 41.9. The van der Waals surface area contributed by atoms with E-state index in [4.69, 9.17) is 10.5 Å². The summed E-state index contributed by atoms with van der Waals surface area (Å²) < 4.78 is 5.79. The van der Waals surface area contributed by atoms with Gasteiger partial charge in [0.05, 0.1) is 0 Å². The quantitative estimate of drug-likeness (QED) is 0.783. The van der Waals surface area contributed by atoms with Crippen molar-refractivity contribution >= 4 is 17.8 Å². The highest BCUT2D eigenvalue weighted by Gasteiger charge is 2.39. The predicted molar refractivity (Wildman–Crippen MR) is 123 cm³/mol. The molecular weight excluding hydrogens is 420 g/mol. The van der Waals surface area contributed by atoms with E-state index < -0.39 is 12.3 Å². The molecule has 0 aliphatic carbocycles. The molecule has 171 valence electrons. The van der Waals surface area contributed by atoms with E-state index in [9.17, 15) is 14.4 Å². The Morgan fingerprint density at radius 1 is 1.00 bits per heavy atom. The molecule has 4 rings (SSSR count). The molecule has 1 fully saturated rings. The van der Waals surface area contributed by atoms with Gasteiger partial charge in [0.1, 0.15) is 12.0 Å². The highest BCUT2D eigenvalue weighted by Crippen LogP contribution is 2.35. The lowest BCUT2D eigenvalue weighted by atomic mass is 9.97. The predicted octanol–water partition coefficient (Wildman–Crippen LogP) is 2.87. The summed E-state index contributed by atoms with van der Waals surface area (Å²) in [6.07, 6.45) is 1.10. The van der Waals surface area contributed by atoms with E-state index in [1.807, 2.05) is 48.5 Å². The van der Waals surface area contributed by atoms with Crippen LogP contribution >= 0.6 is 0 Å². The number of rotatable bonds is 3. The second-order valence-electron chi connectivity index (χ2n) is 8.13. The molecule has 2 aromatic carbocycles. The fourth-order valence-electron chi connectivity index (χ4n) is 4.22. The van der Waals surface area contributed by atoms with E-state index in [1.54, 1.807) is 9.80 Å². The molecule has 0 bridgehead atoms. The summed E-state index contributed by atoms with van der Waals surface area (Å²) in [5, 5.41) is 0. The second kappa shape index (κ2) is 9.36. The summed E-state index contributed by atoms with van der Waals surface area (Å²) in [5.41, 5.74) is 9.17. The highest BCUT2D eigenvalue weighted by molar-refractivity contribution is 5.97. The summed E-state index contributed by atoms with van der Waals surface area (Å²) in [6.45, 7) is 7.51. The highest BCUT2D eigenvalue weighted by atomic mass is 16.5. The number of urea groups is 1. The van der Waals surface area contributed by atoms with Crippen molar-refractivity contribution in [2.24, 2.45) is 5.73 Å². The summed E-state index contributed by atoms with van der Waals surface area (Å²) in [6, 6.07) is 14.6. The van der Waals surface area contributed by atoms with Gasteiger partial charge in [0.25, 0.3) is 5.91 Å². The third-order valence-corrected chi connectivity index (χ3v) is 5.99. The molecule has 0 aromatic heterocycles. The zero-order valence-electron chi connectivity index (χ0n) is 18.6. The van der Waals surface area contributed by atoms with Gasteiger partial charge in [-0.3, -0.25) is 9.59 Å². The Morgan fingerprint density at radius 3 is 2.39 bits per heavy atom. The van der Waals surface area contributed by atoms with Crippen molar-refractivity contribution < 1.29 is 19.1 Å². The van der Waals surface area contributed by atoms with Crippen LogP contribution in [-0.4, -0.2) is 58.7 Å². The minimum Gasteiger partial charge on any atom is -0.471 e. The smallest absolute Gasteiger partial charge is 0.322 e. The van der Waals surface area contributed by atoms with Crippen LogP contribution < -0.4 is 5.73 Å². The first-order valence-corrected chi connectivity index (χ1v) is 10.9. The van der Waals surface area contributed by atoms with Crippen molar-refractivity contribution in [3.63, 3.8) is 0 Å². The third kappa shape index (κ3) is 4.55. The van der Waals surface area contributed by atoms with Gasteiger partial charge in [-0.1, -0.05) is 42.5 Å². The van der Waals surface area contributed by atoms with Crippen LogP contribution in [0.15, 0.2) is 60.5 Å². The van der Waals surface area contributed by atoms with Crippen LogP contribution in [0.1, 0.15) is 30.7 Å². The molecule has 2 N–H and O–H groups in total. The van der Waals surface area contributed by atoms with Crippen molar-refractivity contribution in [3.8, 4) is 11.1 Å². The molecule has 0 spiro atoms. The standard InChI is InChI=1S/C25H27N4O4/c1-17-9-10-20(15-21(17)19-7-4-3-5-8-19)24-29(25(26)32)22(16-33-24)23(31)28-12-6-11-27(13-14-28)18(2)30/h3-5,7-10,15-16,24H,1,6,11-14H2,2H3,(H2,26,32). The molecular formula is C25H27N4O4. The van der Waals surface area contributed by atoms with E-state index in [0.717, 1.165) is 16.7 Å². The van der Waals surface area contributed by atoms with Gasteiger partial charge in [-0.05, 0) is 36.1 Å². The Kier molecular flexibility index (Phi) is 6.35. The number of hydrogen-bond acceptors (Lipinski definition) is 4. The van der Waals surface area contributed by atoms with E-state index >= 15 is 0 Å². The third-order valence-electron chi connectivity index (χ3n) is 5.99. The van der Waals surface area contributed by atoms with Crippen molar-refractivity contribution in [1.29, 1.82) is 0 Å².